The molecule has 0 unspecified atom stereocenters. The van der Waals surface area contributed by atoms with Crippen LogP contribution in [-0.2, 0) is 23.9 Å². The highest BCUT2D eigenvalue weighted by molar-refractivity contribution is 6.03. The van der Waals surface area contributed by atoms with Gasteiger partial charge in [-0.3, -0.25) is 19.2 Å². The fraction of sp³-hybridized carbons (Fsp3) is 0.628. The van der Waals surface area contributed by atoms with E-state index >= 15 is 0 Å². The molecule has 0 aliphatic heterocycles. The highest BCUT2D eigenvalue weighted by Crippen LogP contribution is 2.66. The van der Waals surface area contributed by atoms with Gasteiger partial charge in [-0.05, 0) is 135 Å². The van der Waals surface area contributed by atoms with Crippen LogP contribution in [0.4, 0.5) is 0 Å². The number of rotatable bonds is 3. The third-order valence-electron chi connectivity index (χ3n) is 15.3. The molecule has 0 radical (unpaired) electrons. The van der Waals surface area contributed by atoms with Crippen LogP contribution < -0.4 is 0 Å². The zero-order valence-electron chi connectivity index (χ0n) is 29.8. The molecule has 0 saturated heterocycles. The highest BCUT2D eigenvalue weighted by Gasteiger charge is 2.61. The summed E-state index contributed by atoms with van der Waals surface area (Å²) in [6, 6.07) is 0. The predicted molar refractivity (Wildman–Crippen MR) is 188 cm³/mol. The molecule has 6 fully saturated rings. The van der Waals surface area contributed by atoms with Crippen LogP contribution in [0.25, 0.3) is 0 Å². The van der Waals surface area contributed by atoms with Crippen LogP contribution in [-0.4, -0.2) is 36.3 Å². The Bertz CT molecular complexity index is 1630. The second-order valence-electron chi connectivity index (χ2n) is 17.3. The lowest BCUT2D eigenvalue weighted by atomic mass is 9.46. The topological polar surface area (TPSA) is 77.5 Å². The van der Waals surface area contributed by atoms with Gasteiger partial charge in [0.1, 0.15) is 11.6 Å². The summed E-state index contributed by atoms with van der Waals surface area (Å²) in [4.78, 5) is 49.1. The Balaban J connectivity index is 0.000000154. The Morgan fingerprint density at radius 1 is 0.708 bits per heavy atom. The van der Waals surface area contributed by atoms with E-state index in [9.17, 15) is 19.2 Å². The minimum absolute atomic E-state index is 0.0588. The van der Waals surface area contributed by atoms with Gasteiger partial charge in [0.25, 0.3) is 0 Å². The molecule has 0 heterocycles. The fourth-order valence-corrected chi connectivity index (χ4v) is 12.6. The van der Waals surface area contributed by atoms with Gasteiger partial charge >= 0.3 is 0 Å². The molecule has 0 aromatic rings. The number of hydrogen-bond acceptors (Lipinski definition) is 5. The van der Waals surface area contributed by atoms with Crippen molar-refractivity contribution in [3.63, 3.8) is 0 Å². The Morgan fingerprint density at radius 3 is 1.85 bits per heavy atom. The Hall–Kier alpha value is -2.92. The van der Waals surface area contributed by atoms with Crippen LogP contribution >= 0.6 is 0 Å². The van der Waals surface area contributed by atoms with E-state index in [1.807, 2.05) is 13.0 Å². The van der Waals surface area contributed by atoms with Crippen LogP contribution in [0.2, 0.25) is 0 Å². The van der Waals surface area contributed by atoms with E-state index in [2.05, 4.69) is 46.9 Å². The van der Waals surface area contributed by atoms with Crippen LogP contribution in [0, 0.1) is 57.2 Å². The van der Waals surface area contributed by atoms with Crippen molar-refractivity contribution < 1.29 is 23.9 Å². The summed E-state index contributed by atoms with van der Waals surface area (Å²) < 4.78 is 5.74. The Kier molecular flexibility index (Phi) is 8.09. The second-order valence-corrected chi connectivity index (χ2v) is 17.3. The smallest absolute Gasteiger partial charge is 0.179 e. The molecular formula is C43H54O5. The molecule has 0 amide bonds. The maximum absolute atomic E-state index is 12.6. The average molecular weight is 651 g/mol. The summed E-state index contributed by atoms with van der Waals surface area (Å²) in [6.07, 6.45) is 18.8. The van der Waals surface area contributed by atoms with E-state index in [0.29, 0.717) is 60.3 Å². The number of carbonyl (C=O) groups is 4. The monoisotopic (exact) mass is 650 g/mol. The first-order chi connectivity index (χ1) is 22.7. The number of carbonyl (C=O) groups excluding carboxylic acids is 4. The number of ether oxygens (including phenoxy) is 1. The lowest BCUT2D eigenvalue weighted by Crippen LogP contribution is -2.52. The van der Waals surface area contributed by atoms with Gasteiger partial charge in [-0.25, -0.2) is 0 Å². The van der Waals surface area contributed by atoms with Crippen molar-refractivity contribution in [1.82, 2.24) is 0 Å². The van der Waals surface area contributed by atoms with Crippen molar-refractivity contribution in [2.45, 2.75) is 98.8 Å². The molecule has 0 aromatic heterocycles. The van der Waals surface area contributed by atoms with E-state index in [-0.39, 0.29) is 33.2 Å². The van der Waals surface area contributed by atoms with Gasteiger partial charge in [-0.1, -0.05) is 58.1 Å². The lowest BCUT2D eigenvalue weighted by molar-refractivity contribution is -0.131. The number of hydrogen-bond donors (Lipinski definition) is 0. The van der Waals surface area contributed by atoms with Crippen molar-refractivity contribution >= 4 is 23.1 Å². The number of allylic oxidation sites excluding steroid dienone is 9. The van der Waals surface area contributed by atoms with Crippen molar-refractivity contribution in [3.8, 4) is 0 Å². The largest absolute Gasteiger partial charge is 0.377 e. The van der Waals surface area contributed by atoms with Crippen LogP contribution in [0.1, 0.15) is 98.8 Å². The first kappa shape index (κ1) is 33.6. The molecule has 8 aliphatic rings. The van der Waals surface area contributed by atoms with E-state index in [0.717, 1.165) is 92.1 Å². The molecule has 256 valence electrons. The van der Waals surface area contributed by atoms with Crippen LogP contribution in [0.3, 0.4) is 0 Å². The summed E-state index contributed by atoms with van der Waals surface area (Å²) in [5.41, 5.74) is 5.07. The van der Waals surface area contributed by atoms with E-state index in [1.165, 1.54) is 0 Å². The third-order valence-corrected chi connectivity index (χ3v) is 15.3. The van der Waals surface area contributed by atoms with Gasteiger partial charge in [0.2, 0.25) is 0 Å². The molecule has 5 heteroatoms. The third kappa shape index (κ3) is 4.72. The van der Waals surface area contributed by atoms with E-state index in [4.69, 9.17) is 4.74 Å². The lowest BCUT2D eigenvalue weighted by Gasteiger charge is -2.57. The SMILES string of the molecule is C=C1C[C@@H]2[C@H](CC[C@]3(C)C(=O)CC[C@@H]23)[C@@]2(C)C(COCC)=CC(=O)C=C12.C=C1C[C@@H]2[C@H](CC[C@]3(C)C(=O)CC[C@@H]23)[C@@]2(C)C=CC(=O)C=C12. The standard InChI is InChI=1S/C23H30O3.C20H24O2/c1-5-26-13-15-11-16(24)12-20-14(2)10-17-18-6-7-21(25)22(18,3)9-8-19(17)23(15,20)4;1-12-10-14-15-4-5-18(22)20(15,3)9-7-16(14)19(2)8-6-13(21)11-17(12)19/h11-12,17-19H,2,5-10,13H2,1,3-4H3;6,8,11,14-16H,1,4-5,7,9-10H2,2-3H3/t17-,18-,19-,22-,23+;14-,15-,16-,19+,20-/m00/s1. The normalized spacial score (nSPS) is 44.2. The molecule has 0 spiro atoms. The Labute approximate surface area is 287 Å². The quantitative estimate of drug-likeness (QED) is 0.306. The van der Waals surface area contributed by atoms with Gasteiger partial charge in [0.15, 0.2) is 11.6 Å². The van der Waals surface area contributed by atoms with Crippen LogP contribution in [0.15, 0.2) is 71.4 Å². The van der Waals surface area contributed by atoms with E-state index < -0.39 is 0 Å². The number of ketones is 4. The van der Waals surface area contributed by atoms with Crippen molar-refractivity contribution in [2.75, 3.05) is 13.2 Å². The van der Waals surface area contributed by atoms with Gasteiger partial charge in [0.05, 0.1) is 6.61 Å². The molecule has 6 saturated carbocycles. The van der Waals surface area contributed by atoms with Crippen LogP contribution in [0.5, 0.6) is 0 Å². The Morgan fingerprint density at radius 2 is 1.25 bits per heavy atom. The number of fused-ring (bicyclic) bond motifs is 10. The molecular weight excluding hydrogens is 596 g/mol. The molecule has 5 nitrogen and oxygen atoms in total. The summed E-state index contributed by atoms with van der Waals surface area (Å²) in [5.74, 6) is 4.05. The number of Topliss-reactive ketones (excluding diaryl/α,β-unsaturated/α-hetero) is 2. The molecule has 10 atom stereocenters. The van der Waals surface area contributed by atoms with Crippen molar-refractivity contribution in [1.29, 1.82) is 0 Å². The summed E-state index contributed by atoms with van der Waals surface area (Å²) in [5, 5.41) is 0. The molecule has 0 bridgehead atoms. The molecule has 0 aromatic carbocycles. The second kappa shape index (κ2) is 11.6. The first-order valence-corrected chi connectivity index (χ1v) is 18.6. The summed E-state index contributed by atoms with van der Waals surface area (Å²) in [6.45, 7) is 20.7. The average Bonchev–Trinajstić information content (AvgIpc) is 3.52. The zero-order chi connectivity index (χ0) is 34.4. The van der Waals surface area contributed by atoms with Gasteiger partial charge < -0.3 is 4.74 Å². The molecule has 8 rings (SSSR count). The van der Waals surface area contributed by atoms with Crippen molar-refractivity contribution in [3.05, 3.63) is 71.4 Å². The van der Waals surface area contributed by atoms with Gasteiger partial charge in [0, 0.05) is 41.1 Å². The molecule has 8 aliphatic carbocycles. The predicted octanol–water partition coefficient (Wildman–Crippen LogP) is 8.47. The van der Waals surface area contributed by atoms with Gasteiger partial charge in [-0.15, -0.1) is 0 Å². The maximum Gasteiger partial charge on any atom is 0.179 e. The zero-order valence-corrected chi connectivity index (χ0v) is 29.8. The van der Waals surface area contributed by atoms with Gasteiger partial charge in [-0.2, -0.15) is 0 Å². The van der Waals surface area contributed by atoms with Crippen molar-refractivity contribution in [2.24, 2.45) is 57.2 Å². The molecule has 48 heavy (non-hydrogen) atoms. The van der Waals surface area contributed by atoms with E-state index in [1.54, 1.807) is 18.2 Å². The minimum Gasteiger partial charge on any atom is -0.377 e. The summed E-state index contributed by atoms with van der Waals surface area (Å²) >= 11 is 0. The first-order valence-electron chi connectivity index (χ1n) is 18.6. The molecule has 0 N–H and O–H groups in total. The summed E-state index contributed by atoms with van der Waals surface area (Å²) in [7, 11) is 0. The minimum atomic E-state index is -0.184. The highest BCUT2D eigenvalue weighted by atomic mass is 16.5. The fourth-order valence-electron chi connectivity index (χ4n) is 12.6. The maximum atomic E-state index is 12.6.